The van der Waals surface area contributed by atoms with E-state index in [-0.39, 0.29) is 18.0 Å². The molecule has 1 aliphatic heterocycles. The maximum Gasteiger partial charge on any atom is 0.246 e. The molecule has 2 atom stereocenters. The first kappa shape index (κ1) is 16.1. The molecule has 0 aliphatic carbocycles. The Kier molecular flexibility index (Phi) is 4.48. The summed E-state index contributed by atoms with van der Waals surface area (Å²) in [6.07, 6.45) is 3.50. The molecule has 23 heavy (non-hydrogen) atoms. The minimum Gasteiger partial charge on any atom is -0.383 e. The normalized spacial score (nSPS) is 21.0. The third-order valence-corrected chi connectivity index (χ3v) is 4.79. The fourth-order valence-corrected chi connectivity index (χ4v) is 3.76. The van der Waals surface area contributed by atoms with E-state index in [9.17, 15) is 4.79 Å². The number of anilines is 1. The van der Waals surface area contributed by atoms with Crippen molar-refractivity contribution >= 4 is 45.3 Å². The highest BCUT2D eigenvalue weighted by molar-refractivity contribution is 14.1. The number of likely N-dealkylation sites (tertiary alicyclic amines) is 1. The SMILES string of the molecule is C=CC(=O)N1C[C@@H](n2nc(I)c3c(N)ncnc32)C[C@@H]1COC. The van der Waals surface area contributed by atoms with Gasteiger partial charge in [0.15, 0.2) is 5.65 Å². The number of methoxy groups -OCH3 is 1. The lowest BCUT2D eigenvalue weighted by atomic mass is 10.2. The van der Waals surface area contributed by atoms with E-state index in [2.05, 4.69) is 44.2 Å². The highest BCUT2D eigenvalue weighted by Gasteiger charge is 2.36. The molecule has 0 aromatic carbocycles. The van der Waals surface area contributed by atoms with E-state index in [1.807, 2.05) is 4.68 Å². The Morgan fingerprint density at radius 1 is 1.61 bits per heavy atom. The predicted molar refractivity (Wildman–Crippen MR) is 93.7 cm³/mol. The Morgan fingerprint density at radius 2 is 2.39 bits per heavy atom. The number of rotatable bonds is 4. The molecule has 122 valence electrons. The number of halogens is 1. The van der Waals surface area contributed by atoms with E-state index >= 15 is 0 Å². The van der Waals surface area contributed by atoms with E-state index in [4.69, 9.17) is 10.5 Å². The number of nitrogens with zero attached hydrogens (tertiary/aromatic N) is 5. The molecule has 8 nitrogen and oxygen atoms in total. The van der Waals surface area contributed by atoms with Crippen LogP contribution in [-0.2, 0) is 9.53 Å². The zero-order valence-corrected chi connectivity index (χ0v) is 14.8. The number of nitrogens with two attached hydrogens (primary N) is 1. The van der Waals surface area contributed by atoms with Crippen molar-refractivity contribution in [3.8, 4) is 0 Å². The van der Waals surface area contributed by atoms with Crippen LogP contribution in [0.5, 0.6) is 0 Å². The fraction of sp³-hybridized carbons (Fsp3) is 0.429. The van der Waals surface area contributed by atoms with Gasteiger partial charge in [-0.15, -0.1) is 0 Å². The van der Waals surface area contributed by atoms with Gasteiger partial charge in [-0.3, -0.25) is 4.79 Å². The number of carbonyl (C=O) groups excluding carboxylic acids is 1. The monoisotopic (exact) mass is 428 g/mol. The molecule has 1 saturated heterocycles. The molecule has 3 heterocycles. The topological polar surface area (TPSA) is 99.2 Å². The van der Waals surface area contributed by atoms with Crippen molar-refractivity contribution in [1.82, 2.24) is 24.6 Å². The average molecular weight is 428 g/mol. The van der Waals surface area contributed by atoms with Crippen LogP contribution in [0.15, 0.2) is 19.0 Å². The number of hydrogen-bond donors (Lipinski definition) is 1. The molecular formula is C14H17IN6O2. The van der Waals surface area contributed by atoms with Gasteiger partial charge in [0.2, 0.25) is 5.91 Å². The van der Waals surface area contributed by atoms with E-state index in [0.717, 1.165) is 15.5 Å². The molecule has 2 aromatic heterocycles. The minimum atomic E-state index is -0.102. The first-order valence-corrected chi connectivity index (χ1v) is 8.20. The number of hydrogen-bond acceptors (Lipinski definition) is 6. The number of amides is 1. The summed E-state index contributed by atoms with van der Waals surface area (Å²) >= 11 is 2.13. The smallest absolute Gasteiger partial charge is 0.246 e. The highest BCUT2D eigenvalue weighted by Crippen LogP contribution is 2.32. The maximum absolute atomic E-state index is 12.1. The van der Waals surface area contributed by atoms with Gasteiger partial charge in [-0.05, 0) is 35.1 Å². The summed E-state index contributed by atoms with van der Waals surface area (Å²) in [6, 6.07) is 0.00552. The second kappa shape index (κ2) is 6.40. The number of carbonyl (C=O) groups is 1. The number of ether oxygens (including phenoxy) is 1. The van der Waals surface area contributed by atoms with E-state index in [0.29, 0.717) is 24.6 Å². The Morgan fingerprint density at radius 3 is 3.09 bits per heavy atom. The van der Waals surface area contributed by atoms with Crippen LogP contribution in [-0.4, -0.2) is 56.9 Å². The molecule has 0 unspecified atom stereocenters. The third-order valence-electron chi connectivity index (χ3n) is 4.03. The van der Waals surface area contributed by atoms with Crippen molar-refractivity contribution in [2.45, 2.75) is 18.5 Å². The number of fused-ring (bicyclic) bond motifs is 1. The Balaban J connectivity index is 1.98. The fourth-order valence-electron chi connectivity index (χ4n) is 3.01. The van der Waals surface area contributed by atoms with Gasteiger partial charge in [-0.25, -0.2) is 14.6 Å². The highest BCUT2D eigenvalue weighted by atomic mass is 127. The molecule has 3 rings (SSSR count). The predicted octanol–water partition coefficient (Wildman–Crippen LogP) is 0.987. The van der Waals surface area contributed by atoms with Crippen LogP contribution in [0.3, 0.4) is 0 Å². The quantitative estimate of drug-likeness (QED) is 0.576. The van der Waals surface area contributed by atoms with Crippen LogP contribution in [0.25, 0.3) is 11.0 Å². The first-order chi connectivity index (χ1) is 11.1. The number of nitrogen functional groups attached to an aromatic ring is 1. The summed E-state index contributed by atoms with van der Waals surface area (Å²) in [5, 5.41) is 5.32. The minimum absolute atomic E-state index is 0.00778. The van der Waals surface area contributed by atoms with Crippen LogP contribution in [0.2, 0.25) is 0 Å². The Labute approximate surface area is 146 Å². The van der Waals surface area contributed by atoms with Gasteiger partial charge >= 0.3 is 0 Å². The van der Waals surface area contributed by atoms with Gasteiger partial charge in [0.05, 0.1) is 24.1 Å². The van der Waals surface area contributed by atoms with Gasteiger partial charge in [-0.2, -0.15) is 5.10 Å². The molecule has 0 radical (unpaired) electrons. The second-order valence-corrected chi connectivity index (χ2v) is 6.41. The molecule has 9 heteroatoms. The van der Waals surface area contributed by atoms with Gasteiger partial charge in [0.1, 0.15) is 15.8 Å². The van der Waals surface area contributed by atoms with Crippen molar-refractivity contribution in [3.63, 3.8) is 0 Å². The summed E-state index contributed by atoms with van der Waals surface area (Å²) in [5.74, 6) is 0.311. The summed E-state index contributed by atoms with van der Waals surface area (Å²) in [7, 11) is 1.63. The third kappa shape index (κ3) is 2.78. The standard InChI is InChI=1S/C14H17IN6O2/c1-3-10(22)20-5-8(4-9(20)6-23-2)21-14-11(12(15)19-21)13(16)17-7-18-14/h3,7-9H,1,4-6H2,2H3,(H2,16,17,18)/t8-,9+/m0/s1. The van der Waals surface area contributed by atoms with Gasteiger partial charge in [0, 0.05) is 13.7 Å². The summed E-state index contributed by atoms with van der Waals surface area (Å²) in [4.78, 5) is 22.2. The van der Waals surface area contributed by atoms with Crippen molar-refractivity contribution < 1.29 is 9.53 Å². The molecule has 1 fully saturated rings. The second-order valence-electron chi connectivity index (χ2n) is 5.39. The van der Waals surface area contributed by atoms with Crippen molar-refractivity contribution in [1.29, 1.82) is 0 Å². The molecule has 0 spiro atoms. The Bertz CT molecular complexity index is 761. The summed E-state index contributed by atoms with van der Waals surface area (Å²) in [6.45, 7) is 4.58. The first-order valence-electron chi connectivity index (χ1n) is 7.13. The molecule has 2 aromatic rings. The van der Waals surface area contributed by atoms with Crippen LogP contribution in [0.1, 0.15) is 12.5 Å². The lowest BCUT2D eigenvalue weighted by Crippen LogP contribution is -2.37. The Hall–Kier alpha value is -1.75. The van der Waals surface area contributed by atoms with E-state index < -0.39 is 0 Å². The average Bonchev–Trinajstić information content (AvgIpc) is 3.09. The van der Waals surface area contributed by atoms with Crippen LogP contribution in [0.4, 0.5) is 5.82 Å². The summed E-state index contributed by atoms with van der Waals surface area (Å²) < 4.78 is 7.84. The lowest BCUT2D eigenvalue weighted by Gasteiger charge is -2.22. The van der Waals surface area contributed by atoms with Crippen molar-refractivity contribution in [2.24, 2.45) is 0 Å². The van der Waals surface area contributed by atoms with Crippen LogP contribution < -0.4 is 5.73 Å². The van der Waals surface area contributed by atoms with E-state index in [1.165, 1.54) is 12.4 Å². The number of aromatic nitrogens is 4. The molecule has 1 aliphatic rings. The zero-order chi connectivity index (χ0) is 16.6. The van der Waals surface area contributed by atoms with Crippen molar-refractivity contribution in [2.75, 3.05) is 26.0 Å². The molecular weight excluding hydrogens is 411 g/mol. The van der Waals surface area contributed by atoms with Crippen molar-refractivity contribution in [3.05, 3.63) is 22.7 Å². The van der Waals surface area contributed by atoms with E-state index in [1.54, 1.807) is 12.0 Å². The zero-order valence-electron chi connectivity index (χ0n) is 12.6. The largest absolute Gasteiger partial charge is 0.383 e. The van der Waals surface area contributed by atoms with Crippen LogP contribution >= 0.6 is 22.6 Å². The molecule has 0 saturated carbocycles. The summed E-state index contributed by atoms with van der Waals surface area (Å²) in [5.41, 5.74) is 6.62. The van der Waals surface area contributed by atoms with Gasteiger partial charge in [0.25, 0.3) is 0 Å². The molecule has 0 bridgehead atoms. The van der Waals surface area contributed by atoms with Gasteiger partial charge in [-0.1, -0.05) is 6.58 Å². The molecule has 2 N–H and O–H groups in total. The lowest BCUT2D eigenvalue weighted by molar-refractivity contribution is -0.127. The molecule has 1 amide bonds. The maximum atomic E-state index is 12.1. The van der Waals surface area contributed by atoms with Gasteiger partial charge < -0.3 is 15.4 Å². The van der Waals surface area contributed by atoms with Crippen LogP contribution in [0, 0.1) is 3.70 Å².